The predicted octanol–water partition coefficient (Wildman–Crippen LogP) is 4.12. The van der Waals surface area contributed by atoms with Crippen LogP contribution in [0.15, 0.2) is 42.5 Å². The van der Waals surface area contributed by atoms with Crippen LogP contribution in [0.1, 0.15) is 37.0 Å². The molecule has 2 rings (SSSR count). The molecule has 8 heteroatoms. The number of hydrogen-bond acceptors (Lipinski definition) is 6. The first kappa shape index (κ1) is 23.7. The van der Waals surface area contributed by atoms with Crippen molar-refractivity contribution in [3.8, 4) is 17.6 Å². The number of benzene rings is 2. The van der Waals surface area contributed by atoms with Crippen molar-refractivity contribution < 1.29 is 28.2 Å². The molecule has 2 aromatic carbocycles. The first-order valence-corrected chi connectivity index (χ1v) is 9.99. The van der Waals surface area contributed by atoms with Gasteiger partial charge >= 0.3 is 5.97 Å². The van der Waals surface area contributed by atoms with Gasteiger partial charge in [-0.15, -0.1) is 0 Å². The number of amides is 1. The summed E-state index contributed by atoms with van der Waals surface area (Å²) in [6.07, 6.45) is 0.905. The minimum atomic E-state index is -0.698. The minimum Gasteiger partial charge on any atom is -0.490 e. The standard InChI is InChI=1S/C23H25FN2O5/c1-3-14-30-20-11-6-17(15-21(20)29-4-2)23(28)31-16-22(27)26(13-5-12-25)19-9-7-18(24)8-10-19/h6-11,15H,3-5,13-14,16H2,1-2H3. The molecule has 164 valence electrons. The predicted molar refractivity (Wildman–Crippen MR) is 113 cm³/mol. The number of anilines is 1. The Labute approximate surface area is 180 Å². The largest absolute Gasteiger partial charge is 0.490 e. The molecule has 0 fully saturated rings. The van der Waals surface area contributed by atoms with E-state index in [9.17, 15) is 14.0 Å². The number of halogens is 1. The maximum atomic E-state index is 13.2. The van der Waals surface area contributed by atoms with E-state index in [1.807, 2.05) is 19.9 Å². The van der Waals surface area contributed by atoms with Gasteiger partial charge in [-0.2, -0.15) is 5.26 Å². The molecule has 0 aliphatic rings. The van der Waals surface area contributed by atoms with Crippen molar-refractivity contribution in [3.05, 3.63) is 53.8 Å². The number of hydrogen-bond donors (Lipinski definition) is 0. The maximum absolute atomic E-state index is 13.2. The molecule has 0 atom stereocenters. The Kier molecular flexibility index (Phi) is 9.30. The van der Waals surface area contributed by atoms with Gasteiger partial charge in [0.2, 0.25) is 0 Å². The van der Waals surface area contributed by atoms with Crippen LogP contribution in [0.2, 0.25) is 0 Å². The zero-order chi connectivity index (χ0) is 22.6. The molecule has 1 amide bonds. The molecule has 7 nitrogen and oxygen atoms in total. The Balaban J connectivity index is 2.08. The van der Waals surface area contributed by atoms with Gasteiger partial charge in [-0.3, -0.25) is 4.79 Å². The molecule has 0 bridgehead atoms. The average Bonchev–Trinajstić information content (AvgIpc) is 2.78. The van der Waals surface area contributed by atoms with Crippen LogP contribution in [0.4, 0.5) is 10.1 Å². The van der Waals surface area contributed by atoms with Crippen molar-refractivity contribution in [2.45, 2.75) is 26.7 Å². The number of esters is 1. The van der Waals surface area contributed by atoms with Crippen molar-refractivity contribution in [2.24, 2.45) is 0 Å². The summed E-state index contributed by atoms with van der Waals surface area (Å²) in [7, 11) is 0. The summed E-state index contributed by atoms with van der Waals surface area (Å²) in [5.74, 6) is -0.729. The van der Waals surface area contributed by atoms with E-state index in [0.29, 0.717) is 30.4 Å². The molecule has 2 aromatic rings. The second kappa shape index (κ2) is 12.2. The smallest absolute Gasteiger partial charge is 0.338 e. The van der Waals surface area contributed by atoms with E-state index in [4.69, 9.17) is 19.5 Å². The highest BCUT2D eigenvalue weighted by Crippen LogP contribution is 2.29. The van der Waals surface area contributed by atoms with E-state index >= 15 is 0 Å². The fraction of sp³-hybridized carbons (Fsp3) is 0.348. The van der Waals surface area contributed by atoms with E-state index in [1.54, 1.807) is 6.07 Å². The van der Waals surface area contributed by atoms with E-state index in [0.717, 1.165) is 6.42 Å². The SMILES string of the molecule is CCCOc1ccc(C(=O)OCC(=O)N(CCC#N)c2ccc(F)cc2)cc1OCC. The van der Waals surface area contributed by atoms with Crippen LogP contribution in [-0.2, 0) is 9.53 Å². The Hall–Kier alpha value is -3.60. The van der Waals surface area contributed by atoms with Gasteiger partial charge in [-0.1, -0.05) is 6.92 Å². The van der Waals surface area contributed by atoms with Crippen LogP contribution < -0.4 is 14.4 Å². The number of carbonyl (C=O) groups excluding carboxylic acids is 2. The molecule has 31 heavy (non-hydrogen) atoms. The van der Waals surface area contributed by atoms with Gasteiger partial charge in [0.15, 0.2) is 18.1 Å². The zero-order valence-electron chi connectivity index (χ0n) is 17.6. The second-order valence-electron chi connectivity index (χ2n) is 6.45. The highest BCUT2D eigenvalue weighted by molar-refractivity contribution is 5.97. The lowest BCUT2D eigenvalue weighted by atomic mass is 10.2. The summed E-state index contributed by atoms with van der Waals surface area (Å²) < 4.78 is 29.5. The topological polar surface area (TPSA) is 88.9 Å². The molecule has 0 spiro atoms. The zero-order valence-corrected chi connectivity index (χ0v) is 17.6. The molecular weight excluding hydrogens is 403 g/mol. The van der Waals surface area contributed by atoms with Gasteiger partial charge in [-0.25, -0.2) is 9.18 Å². The summed E-state index contributed by atoms with van der Waals surface area (Å²) in [5, 5.41) is 8.85. The van der Waals surface area contributed by atoms with Crippen LogP contribution in [0.5, 0.6) is 11.5 Å². The highest BCUT2D eigenvalue weighted by atomic mass is 19.1. The molecule has 0 aliphatic heterocycles. The third kappa shape index (κ3) is 7.00. The fourth-order valence-corrected chi connectivity index (χ4v) is 2.70. The Morgan fingerprint density at radius 2 is 1.81 bits per heavy atom. The maximum Gasteiger partial charge on any atom is 0.338 e. The molecule has 0 aliphatic carbocycles. The number of ether oxygens (including phenoxy) is 3. The summed E-state index contributed by atoms with van der Waals surface area (Å²) in [4.78, 5) is 26.4. The number of carbonyl (C=O) groups is 2. The average molecular weight is 428 g/mol. The lowest BCUT2D eigenvalue weighted by Crippen LogP contribution is -2.35. The quantitative estimate of drug-likeness (QED) is 0.500. The first-order chi connectivity index (χ1) is 15.0. The van der Waals surface area contributed by atoms with E-state index in [2.05, 4.69) is 0 Å². The molecule has 0 aromatic heterocycles. The number of nitriles is 1. The van der Waals surface area contributed by atoms with E-state index in [1.165, 1.54) is 41.3 Å². The monoisotopic (exact) mass is 428 g/mol. The summed E-state index contributed by atoms with van der Waals surface area (Å²) >= 11 is 0. The Morgan fingerprint density at radius 1 is 1.06 bits per heavy atom. The molecule has 0 saturated carbocycles. The molecular formula is C23H25FN2O5. The Bertz CT molecular complexity index is 925. The second-order valence-corrected chi connectivity index (χ2v) is 6.45. The minimum absolute atomic E-state index is 0.0774. The summed E-state index contributed by atoms with van der Waals surface area (Å²) in [6.45, 7) is 4.27. The lowest BCUT2D eigenvalue weighted by Gasteiger charge is -2.21. The third-order valence-corrected chi connectivity index (χ3v) is 4.15. The van der Waals surface area contributed by atoms with Crippen molar-refractivity contribution in [2.75, 3.05) is 31.3 Å². The highest BCUT2D eigenvalue weighted by Gasteiger charge is 2.19. The fourth-order valence-electron chi connectivity index (χ4n) is 2.70. The van der Waals surface area contributed by atoms with Crippen LogP contribution in [0, 0.1) is 17.1 Å². The van der Waals surface area contributed by atoms with Crippen molar-refractivity contribution in [1.82, 2.24) is 0 Å². The first-order valence-electron chi connectivity index (χ1n) is 9.99. The van der Waals surface area contributed by atoms with Crippen molar-refractivity contribution in [1.29, 1.82) is 5.26 Å². The van der Waals surface area contributed by atoms with Gasteiger partial charge < -0.3 is 19.1 Å². The molecule has 0 radical (unpaired) electrons. The van der Waals surface area contributed by atoms with Gasteiger partial charge in [0.05, 0.1) is 31.3 Å². The molecule has 0 N–H and O–H groups in total. The summed E-state index contributed by atoms with van der Waals surface area (Å²) in [5.41, 5.74) is 0.624. The molecule has 0 unspecified atom stereocenters. The molecule has 0 heterocycles. The van der Waals surface area contributed by atoms with Gasteiger partial charge in [-0.05, 0) is 55.8 Å². The number of rotatable bonds is 11. The lowest BCUT2D eigenvalue weighted by molar-refractivity contribution is -0.121. The van der Waals surface area contributed by atoms with Gasteiger partial charge in [0, 0.05) is 12.2 Å². The van der Waals surface area contributed by atoms with Crippen LogP contribution in [-0.4, -0.2) is 38.2 Å². The van der Waals surface area contributed by atoms with Crippen LogP contribution >= 0.6 is 0 Å². The summed E-state index contributed by atoms with van der Waals surface area (Å²) in [6, 6.07) is 11.9. The van der Waals surface area contributed by atoms with Gasteiger partial charge in [0.1, 0.15) is 5.82 Å². The van der Waals surface area contributed by atoms with Crippen LogP contribution in [0.3, 0.4) is 0 Å². The van der Waals surface area contributed by atoms with E-state index < -0.39 is 24.3 Å². The third-order valence-electron chi connectivity index (χ3n) is 4.15. The number of nitrogens with zero attached hydrogens (tertiary/aromatic N) is 2. The molecule has 0 saturated heterocycles. The van der Waals surface area contributed by atoms with Gasteiger partial charge in [0.25, 0.3) is 5.91 Å². The normalized spacial score (nSPS) is 10.1. The Morgan fingerprint density at radius 3 is 2.45 bits per heavy atom. The van der Waals surface area contributed by atoms with Crippen LogP contribution in [0.25, 0.3) is 0 Å². The van der Waals surface area contributed by atoms with E-state index in [-0.39, 0.29) is 18.5 Å². The van der Waals surface area contributed by atoms with Crippen molar-refractivity contribution in [3.63, 3.8) is 0 Å². The van der Waals surface area contributed by atoms with Crippen molar-refractivity contribution >= 4 is 17.6 Å².